The van der Waals surface area contributed by atoms with Gasteiger partial charge in [-0.1, -0.05) is 12.2 Å². The first-order chi connectivity index (χ1) is 6.78. The number of aliphatic hydroxyl groups excluding tert-OH is 2. The van der Waals surface area contributed by atoms with Gasteiger partial charge in [-0.2, -0.15) is 0 Å². The fourth-order valence-electron chi connectivity index (χ4n) is 4.43. The predicted molar refractivity (Wildman–Crippen MR) is 53.6 cm³/mol. The first kappa shape index (κ1) is 8.93. The third-order valence-electron chi connectivity index (χ3n) is 4.88. The van der Waals surface area contributed by atoms with Crippen LogP contribution in [0.3, 0.4) is 0 Å². The van der Waals surface area contributed by atoms with Crippen LogP contribution in [0.4, 0.5) is 0 Å². The van der Waals surface area contributed by atoms with Gasteiger partial charge in [-0.15, -0.1) is 0 Å². The summed E-state index contributed by atoms with van der Waals surface area (Å²) in [6.45, 7) is 0.261. The summed E-state index contributed by atoms with van der Waals surface area (Å²) in [5, 5.41) is 19.1. The Hall–Kier alpha value is -0.340. The Bertz CT molecular complexity index is 273. The normalized spacial score (nSPS) is 54.1. The van der Waals surface area contributed by atoms with Crippen LogP contribution < -0.4 is 0 Å². The molecule has 2 N–H and O–H groups in total. The van der Waals surface area contributed by atoms with Gasteiger partial charge in [0.25, 0.3) is 0 Å². The van der Waals surface area contributed by atoms with Gasteiger partial charge in [-0.3, -0.25) is 0 Å². The standard InChI is InChI=1S/C12H18O2/c13-6-5-12-4-3-10(14)11(12)8-1-2-9(12)7-8/h3-4,8-11,13-14H,1-2,5-7H2/t8?,9?,10-,11?,12+/m0/s1. The van der Waals surface area contributed by atoms with Crippen molar-refractivity contribution in [3.05, 3.63) is 12.2 Å². The minimum atomic E-state index is -0.239. The lowest BCUT2D eigenvalue weighted by Gasteiger charge is -2.39. The minimum Gasteiger partial charge on any atom is -0.396 e. The van der Waals surface area contributed by atoms with E-state index >= 15 is 0 Å². The molecule has 0 aromatic carbocycles. The van der Waals surface area contributed by atoms with Crippen LogP contribution >= 0.6 is 0 Å². The molecule has 2 nitrogen and oxygen atoms in total. The Morgan fingerprint density at radius 3 is 3.00 bits per heavy atom. The molecule has 0 aromatic heterocycles. The fourth-order valence-corrected chi connectivity index (χ4v) is 4.43. The van der Waals surface area contributed by atoms with Crippen LogP contribution in [0.15, 0.2) is 12.2 Å². The zero-order chi connectivity index (χ0) is 9.76. The van der Waals surface area contributed by atoms with Crippen LogP contribution in [-0.2, 0) is 0 Å². The maximum atomic E-state index is 9.94. The highest BCUT2D eigenvalue weighted by molar-refractivity contribution is 5.24. The van der Waals surface area contributed by atoms with Crippen molar-refractivity contribution in [2.45, 2.75) is 31.8 Å². The fraction of sp³-hybridized carbons (Fsp3) is 0.833. The molecule has 0 aromatic rings. The van der Waals surface area contributed by atoms with Crippen molar-refractivity contribution in [3.63, 3.8) is 0 Å². The van der Waals surface area contributed by atoms with Crippen molar-refractivity contribution < 1.29 is 10.2 Å². The number of hydrogen-bond acceptors (Lipinski definition) is 2. The molecule has 0 heterocycles. The van der Waals surface area contributed by atoms with Crippen molar-refractivity contribution >= 4 is 0 Å². The van der Waals surface area contributed by atoms with E-state index in [0.717, 1.165) is 18.3 Å². The quantitative estimate of drug-likeness (QED) is 0.651. The highest BCUT2D eigenvalue weighted by Gasteiger charge is 2.60. The second kappa shape index (κ2) is 2.83. The highest BCUT2D eigenvalue weighted by atomic mass is 16.3. The molecule has 0 spiro atoms. The maximum Gasteiger partial charge on any atom is 0.0760 e. The van der Waals surface area contributed by atoms with Gasteiger partial charge in [-0.05, 0) is 42.9 Å². The molecule has 3 rings (SSSR count). The summed E-state index contributed by atoms with van der Waals surface area (Å²) in [6, 6.07) is 0. The first-order valence-corrected chi connectivity index (χ1v) is 5.76. The molecule has 3 aliphatic carbocycles. The van der Waals surface area contributed by atoms with E-state index in [1.165, 1.54) is 19.3 Å². The number of fused-ring (bicyclic) bond motifs is 5. The molecule has 2 fully saturated rings. The van der Waals surface area contributed by atoms with Gasteiger partial charge in [0.2, 0.25) is 0 Å². The molecule has 5 atom stereocenters. The smallest absolute Gasteiger partial charge is 0.0760 e. The topological polar surface area (TPSA) is 40.5 Å². The SMILES string of the molecule is OCC[C@@]12C=C[C@H](O)C1C1CCC2C1. The van der Waals surface area contributed by atoms with E-state index in [4.69, 9.17) is 5.11 Å². The molecule has 78 valence electrons. The first-order valence-electron chi connectivity index (χ1n) is 5.76. The molecule has 0 amide bonds. The van der Waals surface area contributed by atoms with E-state index in [9.17, 15) is 5.11 Å². The number of rotatable bonds is 2. The minimum absolute atomic E-state index is 0.164. The lowest BCUT2D eigenvalue weighted by atomic mass is 9.66. The average molecular weight is 194 g/mol. The van der Waals surface area contributed by atoms with Crippen molar-refractivity contribution in [3.8, 4) is 0 Å². The van der Waals surface area contributed by atoms with Crippen LogP contribution in [0, 0.1) is 23.2 Å². The van der Waals surface area contributed by atoms with E-state index in [1.807, 2.05) is 6.08 Å². The highest BCUT2D eigenvalue weighted by Crippen LogP contribution is 2.65. The van der Waals surface area contributed by atoms with Crippen LogP contribution in [0.1, 0.15) is 25.7 Å². The van der Waals surface area contributed by atoms with Crippen LogP contribution in [0.25, 0.3) is 0 Å². The van der Waals surface area contributed by atoms with Crippen molar-refractivity contribution in [2.75, 3.05) is 6.61 Å². The lowest BCUT2D eigenvalue weighted by molar-refractivity contribution is 0.0341. The predicted octanol–water partition coefficient (Wildman–Crippen LogP) is 1.33. The summed E-state index contributed by atoms with van der Waals surface area (Å²) in [5.41, 5.74) is 0.164. The Kier molecular flexibility index (Phi) is 1.80. The molecule has 3 unspecified atom stereocenters. The Balaban J connectivity index is 1.97. The maximum absolute atomic E-state index is 9.94. The van der Waals surface area contributed by atoms with Crippen LogP contribution in [-0.4, -0.2) is 22.9 Å². The van der Waals surface area contributed by atoms with E-state index in [2.05, 4.69) is 6.08 Å². The lowest BCUT2D eigenvalue weighted by Crippen LogP contribution is -2.37. The molecule has 0 radical (unpaired) electrons. The molecular formula is C12H18O2. The number of aliphatic hydroxyl groups is 2. The van der Waals surface area contributed by atoms with Gasteiger partial charge in [0.1, 0.15) is 0 Å². The number of allylic oxidation sites excluding steroid dienone is 1. The molecule has 0 aliphatic heterocycles. The summed E-state index contributed by atoms with van der Waals surface area (Å²) in [5.74, 6) is 1.88. The zero-order valence-corrected chi connectivity index (χ0v) is 8.39. The Morgan fingerprint density at radius 1 is 1.36 bits per heavy atom. The summed E-state index contributed by atoms with van der Waals surface area (Å²) >= 11 is 0. The van der Waals surface area contributed by atoms with Crippen LogP contribution in [0.5, 0.6) is 0 Å². The second-order valence-electron chi connectivity index (χ2n) is 5.23. The number of hydrogen-bond donors (Lipinski definition) is 2. The van der Waals surface area contributed by atoms with Gasteiger partial charge in [0, 0.05) is 12.5 Å². The van der Waals surface area contributed by atoms with E-state index in [1.54, 1.807) is 0 Å². The third kappa shape index (κ3) is 0.887. The molecule has 3 aliphatic rings. The summed E-state index contributed by atoms with van der Waals surface area (Å²) in [4.78, 5) is 0. The summed E-state index contributed by atoms with van der Waals surface area (Å²) in [7, 11) is 0. The second-order valence-corrected chi connectivity index (χ2v) is 5.23. The van der Waals surface area contributed by atoms with Gasteiger partial charge >= 0.3 is 0 Å². The van der Waals surface area contributed by atoms with Gasteiger partial charge < -0.3 is 10.2 Å². The van der Waals surface area contributed by atoms with Gasteiger partial charge in [0.15, 0.2) is 0 Å². The molecule has 2 saturated carbocycles. The molecule has 2 heteroatoms. The third-order valence-corrected chi connectivity index (χ3v) is 4.88. The van der Waals surface area contributed by atoms with Crippen LogP contribution in [0.2, 0.25) is 0 Å². The monoisotopic (exact) mass is 194 g/mol. The van der Waals surface area contributed by atoms with E-state index < -0.39 is 0 Å². The largest absolute Gasteiger partial charge is 0.396 e. The van der Waals surface area contributed by atoms with Crippen molar-refractivity contribution in [1.82, 2.24) is 0 Å². The Labute approximate surface area is 84.6 Å². The average Bonchev–Trinajstić information content (AvgIpc) is 2.79. The Morgan fingerprint density at radius 2 is 2.21 bits per heavy atom. The zero-order valence-electron chi connectivity index (χ0n) is 8.39. The van der Waals surface area contributed by atoms with E-state index in [0.29, 0.717) is 5.92 Å². The molecular weight excluding hydrogens is 176 g/mol. The van der Waals surface area contributed by atoms with Gasteiger partial charge in [0.05, 0.1) is 6.10 Å². The van der Waals surface area contributed by atoms with Gasteiger partial charge in [-0.25, -0.2) is 0 Å². The summed E-state index contributed by atoms with van der Waals surface area (Å²) in [6.07, 6.45) is 8.67. The summed E-state index contributed by atoms with van der Waals surface area (Å²) < 4.78 is 0. The van der Waals surface area contributed by atoms with E-state index in [-0.39, 0.29) is 18.1 Å². The molecule has 2 bridgehead atoms. The van der Waals surface area contributed by atoms with Crippen molar-refractivity contribution in [2.24, 2.45) is 23.2 Å². The molecule has 14 heavy (non-hydrogen) atoms. The molecule has 0 saturated heterocycles. The van der Waals surface area contributed by atoms with Crippen molar-refractivity contribution in [1.29, 1.82) is 0 Å².